The molecule has 5 rings (SSSR count). The molecule has 6 nitrogen and oxygen atoms in total. The quantitative estimate of drug-likeness (QED) is 0.703. The maximum Gasteiger partial charge on any atom is 0.255 e. The summed E-state index contributed by atoms with van der Waals surface area (Å²) < 4.78 is 12.2. The van der Waals surface area contributed by atoms with E-state index in [-0.39, 0.29) is 12.0 Å². The van der Waals surface area contributed by atoms with Gasteiger partial charge in [0.25, 0.3) is 5.91 Å². The zero-order chi connectivity index (χ0) is 19.8. The van der Waals surface area contributed by atoms with E-state index < -0.39 is 0 Å². The van der Waals surface area contributed by atoms with Gasteiger partial charge in [-0.3, -0.25) is 4.79 Å². The molecule has 1 fully saturated rings. The number of benzene rings is 2. The Morgan fingerprint density at radius 3 is 3.14 bits per heavy atom. The van der Waals surface area contributed by atoms with E-state index in [1.807, 2.05) is 36.4 Å². The van der Waals surface area contributed by atoms with Gasteiger partial charge in [-0.25, -0.2) is 4.98 Å². The van der Waals surface area contributed by atoms with Crippen LogP contribution in [0, 0.1) is 0 Å². The molecule has 3 aromatic rings. The molecule has 1 atom stereocenters. The summed E-state index contributed by atoms with van der Waals surface area (Å²) in [5, 5.41) is 4.02. The van der Waals surface area contributed by atoms with E-state index in [0.717, 1.165) is 64.7 Å². The number of hydrogen-bond acceptors (Lipinski definition) is 6. The normalized spacial score (nSPS) is 18.5. The van der Waals surface area contributed by atoms with Crippen molar-refractivity contribution in [3.8, 4) is 5.75 Å². The van der Waals surface area contributed by atoms with Crippen LogP contribution in [-0.2, 0) is 11.2 Å². The molecule has 0 bridgehead atoms. The largest absolute Gasteiger partial charge is 0.493 e. The number of nitrogens with one attached hydrogen (secondary N) is 1. The average molecular weight is 410 g/mol. The summed E-state index contributed by atoms with van der Waals surface area (Å²) in [6.07, 6.45) is 3.33. The van der Waals surface area contributed by atoms with E-state index in [1.54, 1.807) is 18.4 Å². The van der Waals surface area contributed by atoms with Crippen LogP contribution in [-0.4, -0.2) is 43.8 Å². The van der Waals surface area contributed by atoms with Crippen molar-refractivity contribution >= 4 is 38.3 Å². The zero-order valence-corrected chi connectivity index (χ0v) is 17.1. The highest BCUT2D eigenvalue weighted by atomic mass is 32.1. The first-order valence-electron chi connectivity index (χ1n) is 9.95. The molecule has 1 amide bonds. The number of hydrogen-bond donors (Lipinski definition) is 1. The molecule has 2 aliphatic heterocycles. The number of methoxy groups -OCH3 is 1. The van der Waals surface area contributed by atoms with Crippen molar-refractivity contribution in [2.45, 2.75) is 25.4 Å². The van der Waals surface area contributed by atoms with Crippen LogP contribution in [0.4, 0.5) is 10.8 Å². The van der Waals surface area contributed by atoms with Gasteiger partial charge in [-0.15, -0.1) is 0 Å². The van der Waals surface area contributed by atoms with Gasteiger partial charge >= 0.3 is 0 Å². The van der Waals surface area contributed by atoms with Crippen molar-refractivity contribution < 1.29 is 14.3 Å². The van der Waals surface area contributed by atoms with Crippen molar-refractivity contribution in [1.82, 2.24) is 4.98 Å². The highest BCUT2D eigenvalue weighted by molar-refractivity contribution is 7.22. The minimum Gasteiger partial charge on any atom is -0.493 e. The van der Waals surface area contributed by atoms with Gasteiger partial charge in [0, 0.05) is 37.9 Å². The summed E-state index contributed by atoms with van der Waals surface area (Å²) >= 11 is 1.69. The second-order valence-corrected chi connectivity index (χ2v) is 8.51. The molecular weight excluding hydrogens is 386 g/mol. The number of carbonyl (C=O) groups excluding carboxylic acids is 1. The number of thiazole rings is 1. The van der Waals surface area contributed by atoms with E-state index in [0.29, 0.717) is 12.2 Å². The van der Waals surface area contributed by atoms with E-state index >= 15 is 0 Å². The fourth-order valence-corrected chi connectivity index (χ4v) is 4.94. The molecule has 0 spiro atoms. The van der Waals surface area contributed by atoms with Crippen LogP contribution < -0.4 is 15.0 Å². The van der Waals surface area contributed by atoms with Crippen LogP contribution in [0.5, 0.6) is 5.75 Å². The number of rotatable bonds is 4. The molecule has 1 saturated heterocycles. The lowest BCUT2D eigenvalue weighted by Crippen LogP contribution is -2.39. The summed E-state index contributed by atoms with van der Waals surface area (Å²) in [6, 6.07) is 11.5. The van der Waals surface area contributed by atoms with Crippen molar-refractivity contribution in [1.29, 1.82) is 0 Å². The van der Waals surface area contributed by atoms with E-state index in [2.05, 4.69) is 10.2 Å². The Bertz CT molecular complexity index is 1060. The van der Waals surface area contributed by atoms with Crippen LogP contribution in [0.3, 0.4) is 0 Å². The van der Waals surface area contributed by atoms with Crippen LogP contribution in [0.1, 0.15) is 28.8 Å². The second-order valence-electron chi connectivity index (χ2n) is 7.50. The molecule has 2 aromatic carbocycles. The number of amides is 1. The molecule has 0 radical (unpaired) electrons. The van der Waals surface area contributed by atoms with Crippen LogP contribution in [0.25, 0.3) is 10.2 Å². The van der Waals surface area contributed by atoms with Gasteiger partial charge in [-0.2, -0.15) is 0 Å². The second kappa shape index (κ2) is 7.65. The van der Waals surface area contributed by atoms with Gasteiger partial charge in [0.15, 0.2) is 5.13 Å². The fourth-order valence-electron chi connectivity index (χ4n) is 3.96. The first kappa shape index (κ1) is 18.4. The number of anilines is 2. The Labute approximate surface area is 173 Å². The topological polar surface area (TPSA) is 63.7 Å². The minimum atomic E-state index is -0.117. The Morgan fingerprint density at radius 1 is 1.31 bits per heavy atom. The Kier molecular flexibility index (Phi) is 4.85. The number of ether oxygens (including phenoxy) is 2. The van der Waals surface area contributed by atoms with Crippen molar-refractivity contribution in [3.63, 3.8) is 0 Å². The van der Waals surface area contributed by atoms with Gasteiger partial charge in [-0.05, 0) is 54.8 Å². The Balaban J connectivity index is 1.34. The van der Waals surface area contributed by atoms with Crippen molar-refractivity contribution in [2.75, 3.05) is 37.0 Å². The minimum absolute atomic E-state index is 0.117. The third kappa shape index (κ3) is 3.68. The summed E-state index contributed by atoms with van der Waals surface area (Å²) in [7, 11) is 1.77. The molecule has 0 saturated carbocycles. The number of fused-ring (bicyclic) bond motifs is 2. The van der Waals surface area contributed by atoms with Gasteiger partial charge in [0.05, 0.1) is 22.9 Å². The summed E-state index contributed by atoms with van der Waals surface area (Å²) in [6.45, 7) is 2.57. The van der Waals surface area contributed by atoms with Crippen LogP contribution >= 0.6 is 11.3 Å². The Hall–Kier alpha value is -2.64. The molecule has 29 heavy (non-hydrogen) atoms. The van der Waals surface area contributed by atoms with Crippen molar-refractivity contribution in [2.24, 2.45) is 0 Å². The van der Waals surface area contributed by atoms with Crippen LogP contribution in [0.2, 0.25) is 0 Å². The maximum absolute atomic E-state index is 12.7. The molecule has 3 heterocycles. The van der Waals surface area contributed by atoms with Gasteiger partial charge in [-0.1, -0.05) is 11.3 Å². The lowest BCUT2D eigenvalue weighted by Gasteiger charge is -2.31. The lowest BCUT2D eigenvalue weighted by molar-refractivity contribution is 0.0893. The van der Waals surface area contributed by atoms with Crippen molar-refractivity contribution in [3.05, 3.63) is 47.5 Å². The molecule has 1 unspecified atom stereocenters. The molecule has 7 heteroatoms. The summed E-state index contributed by atoms with van der Waals surface area (Å²) in [5.74, 6) is 0.764. The SMILES string of the molecule is COC1CCCN(c2nc3cc(NC(=O)c4ccc5c(c4)CCO5)ccc3s2)C1. The maximum atomic E-state index is 12.7. The smallest absolute Gasteiger partial charge is 0.255 e. The van der Waals surface area contributed by atoms with Gasteiger partial charge in [0.1, 0.15) is 5.75 Å². The molecule has 0 aliphatic carbocycles. The molecule has 1 N–H and O–H groups in total. The third-order valence-electron chi connectivity index (χ3n) is 5.57. The average Bonchev–Trinajstić information content (AvgIpc) is 3.39. The van der Waals surface area contributed by atoms with Crippen LogP contribution in [0.15, 0.2) is 36.4 Å². The number of nitrogens with zero attached hydrogens (tertiary/aromatic N) is 2. The molecule has 2 aliphatic rings. The first-order chi connectivity index (χ1) is 14.2. The predicted octanol–water partition coefficient (Wildman–Crippen LogP) is 4.10. The van der Waals surface area contributed by atoms with Gasteiger partial charge < -0.3 is 19.7 Å². The summed E-state index contributed by atoms with van der Waals surface area (Å²) in [5.41, 5.74) is 3.40. The summed E-state index contributed by atoms with van der Waals surface area (Å²) in [4.78, 5) is 19.8. The number of carbonyl (C=O) groups is 1. The fraction of sp³-hybridized carbons (Fsp3) is 0.364. The monoisotopic (exact) mass is 409 g/mol. The Morgan fingerprint density at radius 2 is 2.24 bits per heavy atom. The van der Waals surface area contributed by atoms with E-state index in [1.165, 1.54) is 0 Å². The highest BCUT2D eigenvalue weighted by Gasteiger charge is 2.22. The molecule has 150 valence electrons. The molecular formula is C22H23N3O3S. The molecule has 1 aromatic heterocycles. The third-order valence-corrected chi connectivity index (χ3v) is 6.66. The number of piperidine rings is 1. The highest BCUT2D eigenvalue weighted by Crippen LogP contribution is 2.32. The lowest BCUT2D eigenvalue weighted by atomic mass is 10.1. The number of aromatic nitrogens is 1. The van der Waals surface area contributed by atoms with Gasteiger partial charge in [0.2, 0.25) is 0 Å². The zero-order valence-electron chi connectivity index (χ0n) is 16.3. The first-order valence-corrected chi connectivity index (χ1v) is 10.8. The van der Waals surface area contributed by atoms with E-state index in [9.17, 15) is 4.79 Å². The predicted molar refractivity (Wildman–Crippen MR) is 115 cm³/mol. The van der Waals surface area contributed by atoms with E-state index in [4.69, 9.17) is 14.5 Å². The standard InChI is InChI=1S/C22H23N3O3S/c1-27-17-3-2-9-25(13-17)22-24-18-12-16(5-7-20(18)29-22)23-21(26)15-4-6-19-14(11-15)8-10-28-19/h4-7,11-12,17H,2-3,8-10,13H2,1H3,(H,23,26).